The first-order chi connectivity index (χ1) is 10.6. The number of rotatable bonds is 3. The van der Waals surface area contributed by atoms with E-state index in [0.29, 0.717) is 29.7 Å². The third-order valence-electron chi connectivity index (χ3n) is 4.69. The maximum atomic E-state index is 12.4. The highest BCUT2D eigenvalue weighted by atomic mass is 16.6. The second kappa shape index (κ2) is 6.24. The van der Waals surface area contributed by atoms with Crippen molar-refractivity contribution in [3.05, 3.63) is 22.6 Å². The van der Waals surface area contributed by atoms with E-state index >= 15 is 0 Å². The summed E-state index contributed by atoms with van der Waals surface area (Å²) >= 11 is 0. The van der Waals surface area contributed by atoms with Crippen LogP contribution >= 0.6 is 0 Å². The van der Waals surface area contributed by atoms with Gasteiger partial charge in [-0.05, 0) is 32.6 Å². The molecule has 1 aromatic heterocycles. The van der Waals surface area contributed by atoms with Crippen molar-refractivity contribution in [1.29, 1.82) is 0 Å². The first-order valence-electron chi connectivity index (χ1n) is 8.01. The number of furan rings is 1. The highest BCUT2D eigenvalue weighted by Gasteiger charge is 2.33. The Bertz CT molecular complexity index is 586. The number of hydrogen-bond donors (Lipinski definition) is 0. The van der Waals surface area contributed by atoms with E-state index in [-0.39, 0.29) is 23.8 Å². The average Bonchev–Trinajstić information content (AvgIpc) is 2.86. The van der Waals surface area contributed by atoms with Gasteiger partial charge in [-0.2, -0.15) is 0 Å². The molecule has 2 aliphatic carbocycles. The number of hydrogen-bond acceptors (Lipinski definition) is 5. The van der Waals surface area contributed by atoms with E-state index in [4.69, 9.17) is 13.9 Å². The fourth-order valence-electron chi connectivity index (χ4n) is 3.50. The topological polar surface area (TPSA) is 65.7 Å². The summed E-state index contributed by atoms with van der Waals surface area (Å²) < 4.78 is 16.7. The summed E-state index contributed by atoms with van der Waals surface area (Å²) in [6.45, 7) is 1.76. The third-order valence-corrected chi connectivity index (χ3v) is 4.69. The lowest BCUT2D eigenvalue weighted by Crippen LogP contribution is -2.35. The van der Waals surface area contributed by atoms with Crippen molar-refractivity contribution in [2.75, 3.05) is 7.11 Å². The minimum absolute atomic E-state index is 0.0516. The molecule has 2 atom stereocenters. The van der Waals surface area contributed by atoms with Gasteiger partial charge in [0.15, 0.2) is 5.78 Å². The summed E-state index contributed by atoms with van der Waals surface area (Å²) in [4.78, 5) is 24.4. The van der Waals surface area contributed by atoms with E-state index in [2.05, 4.69) is 0 Å². The zero-order valence-electron chi connectivity index (χ0n) is 13.1. The highest BCUT2D eigenvalue weighted by Crippen LogP contribution is 2.31. The zero-order chi connectivity index (χ0) is 15.7. The van der Waals surface area contributed by atoms with Crippen molar-refractivity contribution < 1.29 is 23.5 Å². The molecule has 0 bridgehead atoms. The molecule has 0 unspecified atom stereocenters. The molecule has 1 heterocycles. The summed E-state index contributed by atoms with van der Waals surface area (Å²) in [5.74, 6) is 0.399. The Kier molecular flexibility index (Phi) is 4.34. The molecule has 5 heteroatoms. The van der Waals surface area contributed by atoms with Crippen LogP contribution in [0, 0.1) is 6.92 Å². The van der Waals surface area contributed by atoms with Crippen molar-refractivity contribution in [3.8, 4) is 0 Å². The maximum Gasteiger partial charge on any atom is 0.374 e. The minimum atomic E-state index is -0.478. The minimum Gasteiger partial charge on any atom is -0.454 e. The second-order valence-corrected chi connectivity index (χ2v) is 6.13. The molecule has 5 nitrogen and oxygen atoms in total. The van der Waals surface area contributed by atoms with Crippen LogP contribution in [0.3, 0.4) is 0 Å². The lowest BCUT2D eigenvalue weighted by atomic mass is 9.93. The lowest BCUT2D eigenvalue weighted by Gasteiger charge is -2.29. The molecule has 1 fully saturated rings. The van der Waals surface area contributed by atoms with Gasteiger partial charge in [0, 0.05) is 25.5 Å². The molecule has 0 amide bonds. The molecule has 22 heavy (non-hydrogen) atoms. The Balaban J connectivity index is 1.79. The van der Waals surface area contributed by atoms with E-state index in [9.17, 15) is 9.59 Å². The number of fused-ring (bicyclic) bond motifs is 1. The maximum absolute atomic E-state index is 12.4. The molecule has 0 saturated heterocycles. The van der Waals surface area contributed by atoms with Crippen LogP contribution in [0.5, 0.6) is 0 Å². The molecule has 0 N–H and O–H groups in total. The van der Waals surface area contributed by atoms with Crippen LogP contribution in [-0.2, 0) is 15.9 Å². The smallest absolute Gasteiger partial charge is 0.374 e. The van der Waals surface area contributed by atoms with Crippen molar-refractivity contribution in [1.82, 2.24) is 0 Å². The van der Waals surface area contributed by atoms with Crippen LogP contribution in [0.4, 0.5) is 0 Å². The summed E-state index contributed by atoms with van der Waals surface area (Å²) in [5.41, 5.74) is 1.21. The Morgan fingerprint density at radius 3 is 2.55 bits per heavy atom. The number of methoxy groups -OCH3 is 1. The number of carbonyl (C=O) groups excluding carboxylic acids is 2. The zero-order valence-corrected chi connectivity index (χ0v) is 13.1. The molecular weight excluding hydrogens is 284 g/mol. The van der Waals surface area contributed by atoms with Crippen LogP contribution in [0.25, 0.3) is 0 Å². The number of Topliss-reactive ketones (excluding diaryl/α,β-unsaturated/α-hetero) is 1. The Morgan fingerprint density at radius 1 is 1.14 bits per heavy atom. The summed E-state index contributed by atoms with van der Waals surface area (Å²) in [6, 6.07) is 0. The summed E-state index contributed by atoms with van der Waals surface area (Å²) in [6.07, 6.45) is 5.56. The van der Waals surface area contributed by atoms with Gasteiger partial charge >= 0.3 is 5.97 Å². The van der Waals surface area contributed by atoms with E-state index in [1.807, 2.05) is 0 Å². The quantitative estimate of drug-likeness (QED) is 0.802. The number of ketones is 1. The van der Waals surface area contributed by atoms with E-state index < -0.39 is 5.97 Å². The van der Waals surface area contributed by atoms with E-state index in [0.717, 1.165) is 32.1 Å². The van der Waals surface area contributed by atoms with Crippen LogP contribution in [-0.4, -0.2) is 31.1 Å². The van der Waals surface area contributed by atoms with Gasteiger partial charge in [-0.3, -0.25) is 4.79 Å². The van der Waals surface area contributed by atoms with E-state index in [1.54, 1.807) is 14.0 Å². The van der Waals surface area contributed by atoms with Crippen molar-refractivity contribution >= 4 is 11.8 Å². The molecule has 120 valence electrons. The molecule has 1 aromatic rings. The second-order valence-electron chi connectivity index (χ2n) is 6.13. The van der Waals surface area contributed by atoms with Crippen LogP contribution < -0.4 is 0 Å². The number of esters is 1. The standard InChI is InChI=1S/C17H22O5/c1-10-15-11(18)6-5-9-14(15)21-16(10)17(19)22-13-8-4-3-7-12(13)20-2/h12-13H,3-9H2,1-2H3/t12-,13-/m0/s1. The predicted octanol–water partition coefficient (Wildman–Crippen LogP) is 3.22. The monoisotopic (exact) mass is 306 g/mol. The molecule has 1 saturated carbocycles. The molecular formula is C17H22O5. The highest BCUT2D eigenvalue weighted by molar-refractivity contribution is 6.02. The predicted molar refractivity (Wildman–Crippen MR) is 79.2 cm³/mol. The Labute approximate surface area is 130 Å². The van der Waals surface area contributed by atoms with Gasteiger partial charge in [-0.25, -0.2) is 4.79 Å². The third kappa shape index (κ3) is 2.70. The van der Waals surface area contributed by atoms with Crippen LogP contribution in [0.1, 0.15) is 70.8 Å². The van der Waals surface area contributed by atoms with Crippen molar-refractivity contribution in [3.63, 3.8) is 0 Å². The van der Waals surface area contributed by atoms with Gasteiger partial charge < -0.3 is 13.9 Å². The largest absolute Gasteiger partial charge is 0.454 e. The number of aryl methyl sites for hydroxylation is 1. The van der Waals surface area contributed by atoms with Gasteiger partial charge in [-0.1, -0.05) is 6.42 Å². The molecule has 0 spiro atoms. The SMILES string of the molecule is CO[C@H]1CCCC[C@@H]1OC(=O)c1oc2c(c1C)C(=O)CCC2. The van der Waals surface area contributed by atoms with E-state index in [1.165, 1.54) is 0 Å². The lowest BCUT2D eigenvalue weighted by molar-refractivity contribution is -0.0554. The normalized spacial score (nSPS) is 24.9. The first kappa shape index (κ1) is 15.3. The average molecular weight is 306 g/mol. The summed E-state index contributed by atoms with van der Waals surface area (Å²) in [7, 11) is 1.65. The number of carbonyl (C=O) groups is 2. The Hall–Kier alpha value is -1.62. The summed E-state index contributed by atoms with van der Waals surface area (Å²) in [5, 5.41) is 0. The van der Waals surface area contributed by atoms with Crippen LogP contribution in [0.15, 0.2) is 4.42 Å². The van der Waals surface area contributed by atoms with Gasteiger partial charge in [0.25, 0.3) is 0 Å². The van der Waals surface area contributed by atoms with Gasteiger partial charge in [0.05, 0.1) is 11.7 Å². The molecule has 0 radical (unpaired) electrons. The molecule has 0 aromatic carbocycles. The number of ether oxygens (including phenoxy) is 2. The van der Waals surface area contributed by atoms with Gasteiger partial charge in [-0.15, -0.1) is 0 Å². The van der Waals surface area contributed by atoms with Crippen LogP contribution in [0.2, 0.25) is 0 Å². The van der Waals surface area contributed by atoms with Gasteiger partial charge in [0.2, 0.25) is 5.76 Å². The molecule has 0 aliphatic heterocycles. The van der Waals surface area contributed by atoms with Crippen molar-refractivity contribution in [2.45, 2.75) is 64.1 Å². The fraction of sp³-hybridized carbons (Fsp3) is 0.647. The molecule has 2 aliphatic rings. The fourth-order valence-corrected chi connectivity index (χ4v) is 3.50. The Morgan fingerprint density at radius 2 is 1.86 bits per heavy atom. The van der Waals surface area contributed by atoms with Gasteiger partial charge in [0.1, 0.15) is 11.9 Å². The molecule has 3 rings (SSSR count). The first-order valence-corrected chi connectivity index (χ1v) is 8.01. The van der Waals surface area contributed by atoms with Crippen molar-refractivity contribution in [2.24, 2.45) is 0 Å².